The van der Waals surface area contributed by atoms with E-state index in [1.54, 1.807) is 0 Å². The summed E-state index contributed by atoms with van der Waals surface area (Å²) in [4.78, 5) is 17.9. The first kappa shape index (κ1) is 22.1. The number of nitrogens with one attached hydrogen (secondary N) is 2. The maximum absolute atomic E-state index is 12.8. The Labute approximate surface area is 193 Å². The number of rotatable bonds is 7. The minimum absolute atomic E-state index is 0.0934. The van der Waals surface area contributed by atoms with Crippen LogP contribution in [0.3, 0.4) is 0 Å². The van der Waals surface area contributed by atoms with Crippen LogP contribution in [0.2, 0.25) is 0 Å². The SMILES string of the molecule is CCc1ccc2[nH]c(=O)c(CN(Cc3ccc4c(c3)OCO4)C(=S)NCC(C)C)cc2c1. The average Bonchev–Trinajstić information content (AvgIpc) is 3.25. The Morgan fingerprint density at radius 3 is 2.66 bits per heavy atom. The van der Waals surface area contributed by atoms with E-state index in [-0.39, 0.29) is 12.4 Å². The number of thiocarbonyl (C=S) groups is 1. The molecule has 0 saturated carbocycles. The zero-order valence-electron chi connectivity index (χ0n) is 18.7. The van der Waals surface area contributed by atoms with Crippen LogP contribution in [0.15, 0.2) is 47.3 Å². The van der Waals surface area contributed by atoms with Gasteiger partial charge in [-0.2, -0.15) is 0 Å². The van der Waals surface area contributed by atoms with Gasteiger partial charge in [-0.1, -0.05) is 32.9 Å². The highest BCUT2D eigenvalue weighted by Gasteiger charge is 2.18. The van der Waals surface area contributed by atoms with E-state index in [1.807, 2.05) is 35.2 Å². The number of H-pyrrole nitrogens is 1. The zero-order chi connectivity index (χ0) is 22.7. The number of ether oxygens (including phenoxy) is 2. The molecule has 6 nitrogen and oxygen atoms in total. The maximum atomic E-state index is 12.8. The molecule has 168 valence electrons. The number of fused-ring (bicyclic) bond motifs is 2. The molecule has 0 spiro atoms. The van der Waals surface area contributed by atoms with Crippen molar-refractivity contribution >= 4 is 28.2 Å². The molecular formula is C25H29N3O3S. The Morgan fingerprint density at radius 2 is 1.88 bits per heavy atom. The molecule has 1 aliphatic rings. The molecular weight excluding hydrogens is 422 g/mol. The molecule has 4 rings (SSSR count). The normalized spacial score (nSPS) is 12.4. The summed E-state index contributed by atoms with van der Waals surface area (Å²) in [6, 6.07) is 14.0. The highest BCUT2D eigenvalue weighted by Crippen LogP contribution is 2.33. The summed E-state index contributed by atoms with van der Waals surface area (Å²) in [6.07, 6.45) is 0.948. The van der Waals surface area contributed by atoms with Crippen LogP contribution >= 0.6 is 12.2 Å². The van der Waals surface area contributed by atoms with Gasteiger partial charge in [0.05, 0.1) is 6.54 Å². The van der Waals surface area contributed by atoms with Crippen LogP contribution in [0.5, 0.6) is 11.5 Å². The van der Waals surface area contributed by atoms with Crippen LogP contribution in [0.25, 0.3) is 10.9 Å². The Balaban J connectivity index is 1.62. The Kier molecular flexibility index (Phi) is 6.65. The second-order valence-corrected chi connectivity index (χ2v) is 8.91. The summed E-state index contributed by atoms with van der Waals surface area (Å²) < 4.78 is 10.9. The van der Waals surface area contributed by atoms with Gasteiger partial charge < -0.3 is 24.7 Å². The minimum atomic E-state index is -0.0934. The Bertz CT molecular complexity index is 1190. The van der Waals surface area contributed by atoms with Crippen LogP contribution < -0.4 is 20.3 Å². The van der Waals surface area contributed by atoms with Crippen molar-refractivity contribution in [1.82, 2.24) is 15.2 Å². The predicted octanol–water partition coefficient (Wildman–Crippen LogP) is 4.35. The van der Waals surface area contributed by atoms with E-state index in [0.717, 1.165) is 40.9 Å². The third kappa shape index (κ3) is 5.05. The third-order valence-electron chi connectivity index (χ3n) is 5.51. The van der Waals surface area contributed by atoms with Gasteiger partial charge in [-0.05, 0) is 71.4 Å². The first-order chi connectivity index (χ1) is 15.4. The van der Waals surface area contributed by atoms with Crippen LogP contribution in [-0.4, -0.2) is 28.3 Å². The number of benzene rings is 2. The van der Waals surface area contributed by atoms with E-state index >= 15 is 0 Å². The van der Waals surface area contributed by atoms with E-state index in [4.69, 9.17) is 21.7 Å². The molecule has 1 aliphatic heterocycles. The van der Waals surface area contributed by atoms with Gasteiger partial charge in [0.15, 0.2) is 16.6 Å². The molecule has 0 radical (unpaired) electrons. The summed E-state index contributed by atoms with van der Waals surface area (Å²) in [6.45, 7) is 8.36. The van der Waals surface area contributed by atoms with Gasteiger partial charge in [0.25, 0.3) is 5.56 Å². The van der Waals surface area contributed by atoms with Crippen molar-refractivity contribution < 1.29 is 9.47 Å². The summed E-state index contributed by atoms with van der Waals surface area (Å²) >= 11 is 5.72. The van der Waals surface area contributed by atoms with Gasteiger partial charge in [0, 0.05) is 24.2 Å². The number of hydrogen-bond donors (Lipinski definition) is 2. The fraction of sp³-hybridized carbons (Fsp3) is 0.360. The molecule has 2 heterocycles. The molecule has 1 aromatic heterocycles. The number of aromatic amines is 1. The minimum Gasteiger partial charge on any atom is -0.454 e. The van der Waals surface area contributed by atoms with E-state index in [0.29, 0.717) is 29.7 Å². The molecule has 0 atom stereocenters. The topological polar surface area (TPSA) is 66.6 Å². The molecule has 7 heteroatoms. The van der Waals surface area contributed by atoms with Gasteiger partial charge in [0.2, 0.25) is 6.79 Å². The molecule has 0 aliphatic carbocycles. The van der Waals surface area contributed by atoms with E-state index in [2.05, 4.69) is 43.2 Å². The van der Waals surface area contributed by atoms with Gasteiger partial charge in [-0.15, -0.1) is 0 Å². The van der Waals surface area contributed by atoms with Crippen molar-refractivity contribution in [2.45, 2.75) is 40.3 Å². The van der Waals surface area contributed by atoms with Gasteiger partial charge in [-0.3, -0.25) is 4.79 Å². The standard InChI is InChI=1S/C25H29N3O3S/c1-4-17-5-7-21-19(9-17)11-20(24(29)27-21)14-28(25(32)26-12-16(2)3)13-18-6-8-22-23(10-18)31-15-30-22/h5-11,16H,4,12-15H2,1-3H3,(H,26,32)(H,27,29). The molecule has 0 bridgehead atoms. The highest BCUT2D eigenvalue weighted by molar-refractivity contribution is 7.80. The van der Waals surface area contributed by atoms with E-state index < -0.39 is 0 Å². The monoisotopic (exact) mass is 451 g/mol. The average molecular weight is 452 g/mol. The Morgan fingerprint density at radius 1 is 1.09 bits per heavy atom. The molecule has 2 aromatic carbocycles. The molecule has 0 amide bonds. The third-order valence-corrected chi connectivity index (χ3v) is 5.92. The number of aryl methyl sites for hydroxylation is 1. The molecule has 32 heavy (non-hydrogen) atoms. The van der Waals surface area contributed by atoms with Crippen molar-refractivity contribution in [2.75, 3.05) is 13.3 Å². The van der Waals surface area contributed by atoms with Crippen LogP contribution in [0, 0.1) is 5.92 Å². The van der Waals surface area contributed by atoms with Crippen molar-refractivity contribution in [3.63, 3.8) is 0 Å². The Hall–Kier alpha value is -3.06. The summed E-state index contributed by atoms with van der Waals surface area (Å²) in [5, 5.41) is 4.99. The maximum Gasteiger partial charge on any atom is 0.253 e. The lowest BCUT2D eigenvalue weighted by Gasteiger charge is -2.26. The van der Waals surface area contributed by atoms with E-state index in [1.165, 1.54) is 5.56 Å². The number of nitrogens with zero attached hydrogens (tertiary/aromatic N) is 1. The van der Waals surface area contributed by atoms with Gasteiger partial charge >= 0.3 is 0 Å². The molecule has 0 saturated heterocycles. The molecule has 2 N–H and O–H groups in total. The van der Waals surface area contributed by atoms with Crippen LogP contribution in [-0.2, 0) is 19.5 Å². The van der Waals surface area contributed by atoms with Crippen LogP contribution in [0.4, 0.5) is 0 Å². The van der Waals surface area contributed by atoms with E-state index in [9.17, 15) is 4.79 Å². The van der Waals surface area contributed by atoms with Crippen molar-refractivity contribution in [3.8, 4) is 11.5 Å². The summed E-state index contributed by atoms with van der Waals surface area (Å²) in [7, 11) is 0. The smallest absolute Gasteiger partial charge is 0.253 e. The first-order valence-electron chi connectivity index (χ1n) is 11.0. The number of hydrogen-bond acceptors (Lipinski definition) is 4. The number of pyridine rings is 1. The zero-order valence-corrected chi connectivity index (χ0v) is 19.6. The second kappa shape index (κ2) is 9.61. The van der Waals surface area contributed by atoms with Crippen LogP contribution in [0.1, 0.15) is 37.5 Å². The summed E-state index contributed by atoms with van der Waals surface area (Å²) in [5.41, 5.74) is 3.71. The number of aromatic nitrogens is 1. The lowest BCUT2D eigenvalue weighted by atomic mass is 10.1. The van der Waals surface area contributed by atoms with Gasteiger partial charge in [0.1, 0.15) is 0 Å². The van der Waals surface area contributed by atoms with Gasteiger partial charge in [-0.25, -0.2) is 0 Å². The molecule has 0 unspecified atom stereocenters. The molecule has 3 aromatic rings. The lowest BCUT2D eigenvalue weighted by molar-refractivity contribution is 0.174. The largest absolute Gasteiger partial charge is 0.454 e. The molecule has 0 fully saturated rings. The fourth-order valence-electron chi connectivity index (χ4n) is 3.71. The fourth-order valence-corrected chi connectivity index (χ4v) is 3.92. The highest BCUT2D eigenvalue weighted by atomic mass is 32.1. The summed E-state index contributed by atoms with van der Waals surface area (Å²) in [5.74, 6) is 1.94. The lowest BCUT2D eigenvalue weighted by Crippen LogP contribution is -2.41. The van der Waals surface area contributed by atoms with Crippen molar-refractivity contribution in [3.05, 3.63) is 69.5 Å². The quantitative estimate of drug-likeness (QED) is 0.521. The predicted molar refractivity (Wildman–Crippen MR) is 131 cm³/mol. The van der Waals surface area contributed by atoms with Crippen molar-refractivity contribution in [1.29, 1.82) is 0 Å². The van der Waals surface area contributed by atoms with Crippen molar-refractivity contribution in [2.24, 2.45) is 5.92 Å². The second-order valence-electron chi connectivity index (χ2n) is 8.52. The first-order valence-corrected chi connectivity index (χ1v) is 11.4.